The summed E-state index contributed by atoms with van der Waals surface area (Å²) in [4.78, 5) is 4.40. The molecule has 0 bridgehead atoms. The summed E-state index contributed by atoms with van der Waals surface area (Å²) in [6, 6.07) is 4.52. The third-order valence-electron chi connectivity index (χ3n) is 2.27. The Kier molecular flexibility index (Phi) is 3.26. The summed E-state index contributed by atoms with van der Waals surface area (Å²) in [7, 11) is 0. The Morgan fingerprint density at radius 3 is 2.75 bits per heavy atom. The highest BCUT2D eigenvalue weighted by atomic mass is 35.5. The molecule has 0 aliphatic heterocycles. The number of rotatable bonds is 2. The third kappa shape index (κ3) is 2.25. The molecule has 16 heavy (non-hydrogen) atoms. The lowest BCUT2D eigenvalue weighted by atomic mass is 10.1. The fourth-order valence-corrected chi connectivity index (χ4v) is 2.51. The second-order valence-corrected chi connectivity index (χ2v) is 5.15. The smallest absolute Gasteiger partial charge is 0.133 e. The number of nitrogens with zero attached hydrogens (tertiary/aromatic N) is 1. The number of hydrogen-bond donors (Lipinski definition) is 0. The first-order valence-corrected chi connectivity index (χ1v) is 6.24. The van der Waals surface area contributed by atoms with Crippen LogP contribution in [0, 0.1) is 5.82 Å². The van der Waals surface area contributed by atoms with Crippen LogP contribution in [0.4, 0.5) is 4.39 Å². The van der Waals surface area contributed by atoms with Crippen molar-refractivity contribution >= 4 is 22.9 Å². The van der Waals surface area contributed by atoms with E-state index in [1.807, 2.05) is 5.38 Å². The normalized spacial score (nSPS) is 11.1. The van der Waals surface area contributed by atoms with Gasteiger partial charge in [-0.25, -0.2) is 9.37 Å². The van der Waals surface area contributed by atoms with Gasteiger partial charge in [0.2, 0.25) is 0 Å². The maximum absolute atomic E-state index is 13.6. The summed E-state index contributed by atoms with van der Waals surface area (Å²) >= 11 is 7.29. The van der Waals surface area contributed by atoms with E-state index >= 15 is 0 Å². The standard InChI is InChI=1S/C12H11ClFNS/c1-7(2)11-6-16-12(15-11)9-5-8(13)3-4-10(9)14/h3-7H,1-2H3. The molecule has 0 fully saturated rings. The second kappa shape index (κ2) is 4.52. The molecule has 2 rings (SSSR count). The van der Waals surface area contributed by atoms with Gasteiger partial charge in [-0.15, -0.1) is 11.3 Å². The van der Waals surface area contributed by atoms with Crippen molar-refractivity contribution in [3.63, 3.8) is 0 Å². The average molecular weight is 256 g/mol. The van der Waals surface area contributed by atoms with Gasteiger partial charge < -0.3 is 0 Å². The summed E-state index contributed by atoms with van der Waals surface area (Å²) in [6.45, 7) is 4.13. The van der Waals surface area contributed by atoms with Crippen molar-refractivity contribution in [1.82, 2.24) is 4.98 Å². The molecule has 0 saturated carbocycles. The Labute approximate surface area is 103 Å². The predicted molar refractivity (Wildman–Crippen MR) is 66.6 cm³/mol. The van der Waals surface area contributed by atoms with Crippen molar-refractivity contribution in [2.24, 2.45) is 0 Å². The first kappa shape index (κ1) is 11.6. The number of aromatic nitrogens is 1. The molecular weight excluding hydrogens is 245 g/mol. The summed E-state index contributed by atoms with van der Waals surface area (Å²) in [5, 5.41) is 3.17. The van der Waals surface area contributed by atoms with Crippen molar-refractivity contribution in [2.45, 2.75) is 19.8 Å². The van der Waals surface area contributed by atoms with Gasteiger partial charge in [-0.05, 0) is 24.1 Å². The van der Waals surface area contributed by atoms with E-state index in [1.165, 1.54) is 23.5 Å². The van der Waals surface area contributed by atoms with Crippen LogP contribution in [0.1, 0.15) is 25.5 Å². The van der Waals surface area contributed by atoms with Crippen LogP contribution in [0.3, 0.4) is 0 Å². The number of thiazole rings is 1. The molecule has 0 spiro atoms. The zero-order valence-corrected chi connectivity index (χ0v) is 10.6. The van der Waals surface area contributed by atoms with Crippen LogP contribution in [0.25, 0.3) is 10.6 Å². The molecule has 1 heterocycles. The van der Waals surface area contributed by atoms with E-state index in [1.54, 1.807) is 6.07 Å². The molecule has 0 amide bonds. The molecular formula is C12H11ClFNS. The summed E-state index contributed by atoms with van der Waals surface area (Å²) in [5.74, 6) is 0.0706. The van der Waals surface area contributed by atoms with E-state index in [4.69, 9.17) is 11.6 Å². The minimum absolute atomic E-state index is 0.283. The molecule has 4 heteroatoms. The minimum Gasteiger partial charge on any atom is -0.241 e. The highest BCUT2D eigenvalue weighted by molar-refractivity contribution is 7.13. The van der Waals surface area contributed by atoms with E-state index in [9.17, 15) is 4.39 Å². The van der Waals surface area contributed by atoms with Crippen LogP contribution in [0.15, 0.2) is 23.6 Å². The Morgan fingerprint density at radius 1 is 1.38 bits per heavy atom. The third-order valence-corrected chi connectivity index (χ3v) is 3.40. The van der Waals surface area contributed by atoms with Crippen molar-refractivity contribution < 1.29 is 4.39 Å². The maximum atomic E-state index is 13.6. The van der Waals surface area contributed by atoms with Crippen LogP contribution >= 0.6 is 22.9 Å². The van der Waals surface area contributed by atoms with E-state index in [0.717, 1.165) is 5.69 Å². The summed E-state index contributed by atoms with van der Waals surface area (Å²) in [6.07, 6.45) is 0. The largest absolute Gasteiger partial charge is 0.241 e. The van der Waals surface area contributed by atoms with Gasteiger partial charge >= 0.3 is 0 Å². The van der Waals surface area contributed by atoms with Gasteiger partial charge in [0, 0.05) is 16.0 Å². The SMILES string of the molecule is CC(C)c1csc(-c2cc(Cl)ccc2F)n1. The van der Waals surface area contributed by atoms with Gasteiger partial charge in [0.25, 0.3) is 0 Å². The van der Waals surface area contributed by atoms with Crippen molar-refractivity contribution in [2.75, 3.05) is 0 Å². The molecule has 0 radical (unpaired) electrons. The first-order chi connectivity index (χ1) is 7.58. The molecule has 2 aromatic rings. The minimum atomic E-state index is -0.283. The fraction of sp³-hybridized carbons (Fsp3) is 0.250. The van der Waals surface area contributed by atoms with Crippen molar-refractivity contribution in [3.05, 3.63) is 40.1 Å². The van der Waals surface area contributed by atoms with Gasteiger partial charge in [-0.1, -0.05) is 25.4 Å². The Bertz CT molecular complexity index is 507. The maximum Gasteiger partial charge on any atom is 0.133 e. The molecule has 0 aliphatic rings. The molecule has 0 unspecified atom stereocenters. The van der Waals surface area contributed by atoms with Crippen molar-refractivity contribution in [3.8, 4) is 10.6 Å². The summed E-state index contributed by atoms with van der Waals surface area (Å²) < 4.78 is 13.6. The van der Waals surface area contributed by atoms with Crippen LogP contribution in [0.5, 0.6) is 0 Å². The highest BCUT2D eigenvalue weighted by Gasteiger charge is 2.11. The quantitative estimate of drug-likeness (QED) is 0.756. The number of halogens is 2. The molecule has 1 aromatic carbocycles. The van der Waals surface area contributed by atoms with Gasteiger partial charge in [0.05, 0.1) is 5.69 Å². The molecule has 1 nitrogen and oxygen atoms in total. The molecule has 0 atom stereocenters. The first-order valence-electron chi connectivity index (χ1n) is 4.99. The highest BCUT2D eigenvalue weighted by Crippen LogP contribution is 2.30. The van der Waals surface area contributed by atoms with Crippen LogP contribution in [0.2, 0.25) is 5.02 Å². The topological polar surface area (TPSA) is 12.9 Å². The van der Waals surface area contributed by atoms with E-state index < -0.39 is 0 Å². The zero-order chi connectivity index (χ0) is 11.7. The molecule has 84 valence electrons. The van der Waals surface area contributed by atoms with E-state index in [-0.39, 0.29) is 5.82 Å². The predicted octanol–water partition coefficient (Wildman–Crippen LogP) is 4.73. The Morgan fingerprint density at radius 2 is 2.12 bits per heavy atom. The van der Waals surface area contributed by atoms with Gasteiger partial charge in [0.15, 0.2) is 0 Å². The number of hydrogen-bond acceptors (Lipinski definition) is 2. The zero-order valence-electron chi connectivity index (χ0n) is 9.00. The summed E-state index contributed by atoms with van der Waals surface area (Å²) in [5.41, 5.74) is 1.46. The molecule has 0 saturated heterocycles. The van der Waals surface area contributed by atoms with Gasteiger partial charge in [-0.3, -0.25) is 0 Å². The van der Waals surface area contributed by atoms with Crippen LogP contribution in [-0.4, -0.2) is 4.98 Å². The average Bonchev–Trinajstić information content (AvgIpc) is 2.70. The van der Waals surface area contributed by atoms with Crippen molar-refractivity contribution in [1.29, 1.82) is 0 Å². The molecule has 0 N–H and O–H groups in total. The molecule has 1 aromatic heterocycles. The molecule has 0 aliphatic carbocycles. The lowest BCUT2D eigenvalue weighted by Crippen LogP contribution is -1.88. The second-order valence-electron chi connectivity index (χ2n) is 3.86. The lowest BCUT2D eigenvalue weighted by Gasteiger charge is -2.00. The fourth-order valence-electron chi connectivity index (χ4n) is 1.34. The van der Waals surface area contributed by atoms with Crippen LogP contribution in [-0.2, 0) is 0 Å². The number of benzene rings is 1. The lowest BCUT2D eigenvalue weighted by molar-refractivity contribution is 0.631. The Balaban J connectivity index is 2.46. The van der Waals surface area contributed by atoms with E-state index in [0.29, 0.717) is 21.5 Å². The Hall–Kier alpha value is -0.930. The van der Waals surface area contributed by atoms with Crippen LogP contribution < -0.4 is 0 Å². The monoisotopic (exact) mass is 255 g/mol. The van der Waals surface area contributed by atoms with E-state index in [2.05, 4.69) is 18.8 Å². The van der Waals surface area contributed by atoms with Gasteiger partial charge in [0.1, 0.15) is 10.8 Å². The van der Waals surface area contributed by atoms with Gasteiger partial charge in [-0.2, -0.15) is 0 Å².